The fourth-order valence-electron chi connectivity index (χ4n) is 3.96. The summed E-state index contributed by atoms with van der Waals surface area (Å²) in [5.41, 5.74) is 0.471. The maximum atomic E-state index is 14.4. The molecule has 1 aromatic carbocycles. The van der Waals surface area contributed by atoms with E-state index >= 15 is 0 Å². The van der Waals surface area contributed by atoms with Gasteiger partial charge in [-0.15, -0.1) is 0 Å². The van der Waals surface area contributed by atoms with Gasteiger partial charge in [0, 0.05) is 25.2 Å². The smallest absolute Gasteiger partial charge is 0.211 e. The molecule has 10 heteroatoms. The van der Waals surface area contributed by atoms with Crippen molar-refractivity contribution in [3.05, 3.63) is 34.9 Å². The Bertz CT molecular complexity index is 1050. The van der Waals surface area contributed by atoms with Gasteiger partial charge in [-0.05, 0) is 56.5 Å². The van der Waals surface area contributed by atoms with Crippen LogP contribution >= 0.6 is 12.2 Å². The summed E-state index contributed by atoms with van der Waals surface area (Å²) in [5, 5.41) is 4.68. The zero-order chi connectivity index (χ0) is 21.3. The van der Waals surface area contributed by atoms with E-state index in [1.807, 2.05) is 17.6 Å². The highest BCUT2D eigenvalue weighted by Crippen LogP contribution is 2.39. The number of sulfonamides is 1. The molecule has 7 nitrogen and oxygen atoms in total. The number of likely N-dealkylation sites (tertiary alicyclic amines) is 1. The zero-order valence-electron chi connectivity index (χ0n) is 17.1. The van der Waals surface area contributed by atoms with Gasteiger partial charge in [0.2, 0.25) is 10.0 Å². The molecule has 2 fully saturated rings. The second kappa shape index (κ2) is 8.86. The number of nitrogens with zero attached hydrogens (tertiary/aromatic N) is 4. The summed E-state index contributed by atoms with van der Waals surface area (Å²) in [6.07, 6.45) is 4.18. The van der Waals surface area contributed by atoms with Gasteiger partial charge in [-0.1, -0.05) is 19.1 Å². The number of hydrogen-bond acceptors (Lipinski definition) is 5. The molecule has 0 atom stereocenters. The lowest BCUT2D eigenvalue weighted by Gasteiger charge is -2.31. The molecule has 2 aliphatic rings. The first-order valence-corrected chi connectivity index (χ1v) is 12.6. The van der Waals surface area contributed by atoms with Gasteiger partial charge in [-0.25, -0.2) is 22.2 Å². The van der Waals surface area contributed by atoms with Gasteiger partial charge in [-0.2, -0.15) is 5.10 Å². The Hall–Kier alpha value is -1.62. The van der Waals surface area contributed by atoms with Crippen LogP contribution in [0.2, 0.25) is 0 Å². The highest BCUT2D eigenvalue weighted by molar-refractivity contribution is 7.89. The number of benzene rings is 1. The molecule has 0 spiro atoms. The van der Waals surface area contributed by atoms with E-state index in [0.717, 1.165) is 38.8 Å². The minimum atomic E-state index is -3.20. The number of piperidine rings is 1. The number of halogens is 1. The number of hydrogen-bond donors (Lipinski definition) is 1. The van der Waals surface area contributed by atoms with Crippen LogP contribution in [0, 0.1) is 10.6 Å². The highest BCUT2D eigenvalue weighted by atomic mass is 32.2. The molecule has 0 unspecified atom stereocenters. The van der Waals surface area contributed by atoms with Gasteiger partial charge in [0.05, 0.1) is 18.0 Å². The molecule has 1 saturated carbocycles. The minimum absolute atomic E-state index is 0.0243. The van der Waals surface area contributed by atoms with Gasteiger partial charge >= 0.3 is 0 Å². The molecule has 1 aliphatic carbocycles. The second-order valence-corrected chi connectivity index (χ2v) is 10.4. The molecule has 0 amide bonds. The molecule has 0 bridgehead atoms. The van der Waals surface area contributed by atoms with Crippen LogP contribution in [0.3, 0.4) is 0 Å². The van der Waals surface area contributed by atoms with Crippen LogP contribution in [0.1, 0.15) is 45.1 Å². The van der Waals surface area contributed by atoms with Crippen molar-refractivity contribution in [2.75, 3.05) is 18.8 Å². The first kappa shape index (κ1) is 21.6. The highest BCUT2D eigenvalue weighted by Gasteiger charge is 2.30. The van der Waals surface area contributed by atoms with E-state index in [2.05, 4.69) is 14.7 Å². The third-order valence-corrected chi connectivity index (χ3v) is 7.68. The van der Waals surface area contributed by atoms with E-state index < -0.39 is 10.0 Å². The second-order valence-electron chi connectivity index (χ2n) is 8.16. The molecule has 1 aromatic heterocycles. The zero-order valence-corrected chi connectivity index (χ0v) is 18.8. The molecular weight excluding hydrogens is 425 g/mol. The lowest BCUT2D eigenvalue weighted by atomic mass is 10.1. The van der Waals surface area contributed by atoms with Crippen molar-refractivity contribution >= 4 is 22.2 Å². The van der Waals surface area contributed by atoms with E-state index in [-0.39, 0.29) is 17.6 Å². The van der Waals surface area contributed by atoms with Gasteiger partial charge in [0.15, 0.2) is 10.6 Å². The first-order chi connectivity index (χ1) is 14.4. The molecule has 2 aromatic rings. The fourth-order valence-corrected chi connectivity index (χ4v) is 5.70. The van der Waals surface area contributed by atoms with E-state index in [0.29, 0.717) is 35.3 Å². The fraction of sp³-hybridized carbons (Fsp3) is 0.600. The Kier molecular flexibility index (Phi) is 6.38. The lowest BCUT2D eigenvalue weighted by molar-refractivity contribution is 0.157. The predicted octanol–water partition coefficient (Wildman–Crippen LogP) is 3.31. The summed E-state index contributed by atoms with van der Waals surface area (Å²) in [7, 11) is -3.20. The molecule has 1 N–H and O–H groups in total. The van der Waals surface area contributed by atoms with E-state index in [4.69, 9.17) is 12.2 Å². The monoisotopic (exact) mass is 453 g/mol. The third-order valence-electron chi connectivity index (χ3n) is 5.64. The molecule has 0 radical (unpaired) electrons. The Morgan fingerprint density at radius 1 is 1.20 bits per heavy atom. The summed E-state index contributed by atoms with van der Waals surface area (Å²) >= 11 is 5.69. The van der Waals surface area contributed by atoms with E-state index in [1.165, 1.54) is 6.07 Å². The molecule has 30 heavy (non-hydrogen) atoms. The molecule has 4 rings (SSSR count). The predicted molar refractivity (Wildman–Crippen MR) is 117 cm³/mol. The van der Waals surface area contributed by atoms with Crippen LogP contribution in [0.25, 0.3) is 11.4 Å². The Morgan fingerprint density at radius 2 is 1.90 bits per heavy atom. The van der Waals surface area contributed by atoms with Crippen LogP contribution in [0.15, 0.2) is 24.3 Å². The number of aromatic nitrogens is 3. The SMILES string of the molecule is CCCS(=O)(=O)NC1CCN(Cn2nc(-c3ccccc3F)n(C3CC3)c2=S)CC1. The maximum Gasteiger partial charge on any atom is 0.211 e. The van der Waals surface area contributed by atoms with Gasteiger partial charge in [0.1, 0.15) is 5.82 Å². The Balaban J connectivity index is 1.47. The van der Waals surface area contributed by atoms with Crippen molar-refractivity contribution in [3.63, 3.8) is 0 Å². The molecule has 2 heterocycles. The standard InChI is InChI=1S/C20H28FN5O2S2/c1-2-13-30(27,28)23-15-9-11-24(12-10-15)14-25-20(29)26(16-7-8-16)19(22-25)17-5-3-4-6-18(17)21/h3-6,15-16,23H,2,7-14H2,1H3. The topological polar surface area (TPSA) is 72.2 Å². The van der Waals surface area contributed by atoms with Gasteiger partial charge in [-0.3, -0.25) is 9.47 Å². The molecule has 164 valence electrons. The average molecular weight is 454 g/mol. The summed E-state index contributed by atoms with van der Waals surface area (Å²) in [6.45, 7) is 3.90. The van der Waals surface area contributed by atoms with Crippen LogP contribution in [0.5, 0.6) is 0 Å². The van der Waals surface area contributed by atoms with Crippen molar-refractivity contribution in [1.29, 1.82) is 0 Å². The van der Waals surface area contributed by atoms with Crippen LogP contribution in [-0.2, 0) is 16.7 Å². The maximum absolute atomic E-state index is 14.4. The Labute approximate surface area is 181 Å². The Morgan fingerprint density at radius 3 is 2.53 bits per heavy atom. The normalized spacial score (nSPS) is 18.7. The molecular formula is C20H28FN5O2S2. The summed E-state index contributed by atoms with van der Waals surface area (Å²) < 4.78 is 45.6. The molecule has 1 saturated heterocycles. The average Bonchev–Trinajstić information content (AvgIpc) is 3.48. The number of nitrogens with one attached hydrogen (secondary N) is 1. The number of rotatable bonds is 8. The quantitative estimate of drug-likeness (QED) is 0.621. The minimum Gasteiger partial charge on any atom is -0.297 e. The summed E-state index contributed by atoms with van der Waals surface area (Å²) in [4.78, 5) is 2.22. The third kappa shape index (κ3) is 4.82. The van der Waals surface area contributed by atoms with Crippen LogP contribution in [-0.4, -0.2) is 52.5 Å². The van der Waals surface area contributed by atoms with E-state index in [9.17, 15) is 12.8 Å². The van der Waals surface area contributed by atoms with Gasteiger partial charge < -0.3 is 0 Å². The van der Waals surface area contributed by atoms with Crippen molar-refractivity contribution in [2.45, 2.75) is 57.8 Å². The van der Waals surface area contributed by atoms with Crippen molar-refractivity contribution in [2.24, 2.45) is 0 Å². The van der Waals surface area contributed by atoms with Crippen LogP contribution in [0.4, 0.5) is 4.39 Å². The van der Waals surface area contributed by atoms with Crippen molar-refractivity contribution in [1.82, 2.24) is 24.0 Å². The summed E-state index contributed by atoms with van der Waals surface area (Å²) in [5.74, 6) is 0.453. The van der Waals surface area contributed by atoms with Crippen molar-refractivity contribution < 1.29 is 12.8 Å². The first-order valence-electron chi connectivity index (χ1n) is 10.5. The van der Waals surface area contributed by atoms with E-state index in [1.54, 1.807) is 16.8 Å². The molecule has 1 aliphatic heterocycles. The lowest BCUT2D eigenvalue weighted by Crippen LogP contribution is -2.45. The van der Waals surface area contributed by atoms with Crippen molar-refractivity contribution in [3.8, 4) is 11.4 Å². The largest absolute Gasteiger partial charge is 0.297 e. The van der Waals surface area contributed by atoms with Gasteiger partial charge in [0.25, 0.3) is 0 Å². The van der Waals surface area contributed by atoms with Crippen LogP contribution < -0.4 is 4.72 Å². The summed E-state index contributed by atoms with van der Waals surface area (Å²) in [6, 6.07) is 6.93.